The Balaban J connectivity index is 1.28. The smallest absolute Gasteiger partial charge is 0.315 e. The minimum absolute atomic E-state index is 0.00247. The maximum Gasteiger partial charge on any atom is 0.315 e. The molecule has 0 bridgehead atoms. The molecule has 1 saturated heterocycles. The number of carbonyl (C=O) groups is 1. The van der Waals surface area contributed by atoms with Crippen molar-refractivity contribution in [2.45, 2.75) is 63.1 Å². The number of ether oxygens (including phenoxy) is 1. The van der Waals surface area contributed by atoms with Crippen molar-refractivity contribution in [1.29, 1.82) is 0 Å². The molecule has 3 N–H and O–H groups in total. The van der Waals surface area contributed by atoms with Crippen molar-refractivity contribution in [2.24, 2.45) is 11.3 Å². The summed E-state index contributed by atoms with van der Waals surface area (Å²) in [6, 6.07) is 5.77. The van der Waals surface area contributed by atoms with Gasteiger partial charge in [0, 0.05) is 24.0 Å². The van der Waals surface area contributed by atoms with Gasteiger partial charge in [0.1, 0.15) is 5.75 Å². The first-order chi connectivity index (χ1) is 12.2. The number of phenolic OH excluding ortho intramolecular Hbond substituents is 1. The van der Waals surface area contributed by atoms with Crippen LogP contribution in [0, 0.1) is 11.3 Å². The lowest BCUT2D eigenvalue weighted by Crippen LogP contribution is -2.69. The van der Waals surface area contributed by atoms with Crippen LogP contribution < -0.4 is 10.6 Å². The molecule has 1 aliphatic heterocycles. The highest BCUT2D eigenvalue weighted by atomic mass is 16.5. The summed E-state index contributed by atoms with van der Waals surface area (Å²) in [6.07, 6.45) is 7.97. The van der Waals surface area contributed by atoms with E-state index in [4.69, 9.17) is 4.74 Å². The maximum atomic E-state index is 12.7. The van der Waals surface area contributed by atoms with Crippen LogP contribution in [0.2, 0.25) is 0 Å². The molecule has 5 heteroatoms. The lowest BCUT2D eigenvalue weighted by molar-refractivity contribution is -0.126. The number of carbonyl (C=O) groups excluding carboxylic acids is 1. The summed E-state index contributed by atoms with van der Waals surface area (Å²) in [6.45, 7) is 0.839. The van der Waals surface area contributed by atoms with Crippen LogP contribution in [-0.4, -0.2) is 29.9 Å². The number of rotatable bonds is 2. The van der Waals surface area contributed by atoms with Crippen LogP contribution in [0.25, 0.3) is 0 Å². The van der Waals surface area contributed by atoms with Crippen LogP contribution >= 0.6 is 0 Å². The molecule has 2 amide bonds. The molecule has 25 heavy (non-hydrogen) atoms. The van der Waals surface area contributed by atoms with Gasteiger partial charge in [0.25, 0.3) is 0 Å². The van der Waals surface area contributed by atoms with Crippen molar-refractivity contribution >= 4 is 6.03 Å². The van der Waals surface area contributed by atoms with Crippen LogP contribution in [0.5, 0.6) is 5.75 Å². The zero-order valence-corrected chi connectivity index (χ0v) is 14.5. The minimum atomic E-state index is -0.0668. The first kappa shape index (κ1) is 15.5. The number of hydrogen-bond acceptors (Lipinski definition) is 3. The van der Waals surface area contributed by atoms with Gasteiger partial charge < -0.3 is 20.5 Å². The van der Waals surface area contributed by atoms with E-state index in [2.05, 4.69) is 10.6 Å². The number of benzene rings is 1. The summed E-state index contributed by atoms with van der Waals surface area (Å²) in [5.41, 5.74) is 2.22. The van der Waals surface area contributed by atoms with E-state index in [1.807, 2.05) is 12.1 Å². The van der Waals surface area contributed by atoms with Crippen LogP contribution in [0.15, 0.2) is 18.2 Å². The predicted molar refractivity (Wildman–Crippen MR) is 93.4 cm³/mol. The summed E-state index contributed by atoms with van der Waals surface area (Å²) >= 11 is 0. The number of phenols is 1. The van der Waals surface area contributed by atoms with Gasteiger partial charge in [-0.2, -0.15) is 0 Å². The highest BCUT2D eigenvalue weighted by Gasteiger charge is 2.65. The number of aromatic hydroxyl groups is 1. The number of urea groups is 1. The molecule has 5 rings (SSSR count). The molecule has 0 radical (unpaired) electrons. The topological polar surface area (TPSA) is 70.6 Å². The molecule has 1 spiro atoms. The average Bonchev–Trinajstić information content (AvgIpc) is 3.32. The standard InChI is InChI=1S/C20H26N2O3/c23-16-5-3-4-12-13(16)6-7-15(12)21-19(24)22-17-14-8-11-25-18(14)20(17)9-1-2-10-20/h3-5,14-15,17-18,23H,1-2,6-11H2,(H2,21,22,24)/t14-,15-,17+,18-/m0/s1. The van der Waals surface area contributed by atoms with E-state index >= 15 is 0 Å². The van der Waals surface area contributed by atoms with Crippen molar-refractivity contribution in [2.75, 3.05) is 6.61 Å². The van der Waals surface area contributed by atoms with Crippen molar-refractivity contribution in [3.05, 3.63) is 29.3 Å². The lowest BCUT2D eigenvalue weighted by Gasteiger charge is -2.56. The average molecular weight is 342 g/mol. The van der Waals surface area contributed by atoms with Gasteiger partial charge in [0.2, 0.25) is 0 Å². The molecular weight excluding hydrogens is 316 g/mol. The van der Waals surface area contributed by atoms with Crippen LogP contribution in [0.1, 0.15) is 55.7 Å². The molecule has 3 aliphatic carbocycles. The zero-order chi connectivity index (χ0) is 17.0. The Morgan fingerprint density at radius 2 is 2.04 bits per heavy atom. The molecule has 5 nitrogen and oxygen atoms in total. The van der Waals surface area contributed by atoms with Gasteiger partial charge in [-0.3, -0.25) is 0 Å². The van der Waals surface area contributed by atoms with Gasteiger partial charge in [-0.25, -0.2) is 4.79 Å². The SMILES string of the molecule is O=C(N[C@H]1CCc2c(O)cccc21)N[C@@H]1[C@@H]2CCO[C@@H]2C12CCCC2. The first-order valence-electron chi connectivity index (χ1n) is 9.68. The van der Waals surface area contributed by atoms with Crippen LogP contribution in [0.3, 0.4) is 0 Å². The largest absolute Gasteiger partial charge is 0.508 e. The van der Waals surface area contributed by atoms with Crippen LogP contribution in [0.4, 0.5) is 4.79 Å². The summed E-state index contributed by atoms with van der Waals surface area (Å²) < 4.78 is 6.00. The fraction of sp³-hybridized carbons (Fsp3) is 0.650. The third-order valence-corrected chi connectivity index (χ3v) is 7.12. The Morgan fingerprint density at radius 3 is 2.88 bits per heavy atom. The van der Waals surface area contributed by atoms with Crippen molar-refractivity contribution < 1.29 is 14.6 Å². The second-order valence-electron chi connectivity index (χ2n) is 8.22. The Morgan fingerprint density at radius 1 is 1.20 bits per heavy atom. The van der Waals surface area contributed by atoms with E-state index in [-0.39, 0.29) is 23.5 Å². The van der Waals surface area contributed by atoms with Crippen LogP contribution in [-0.2, 0) is 11.2 Å². The minimum Gasteiger partial charge on any atom is -0.508 e. The number of fused-ring (bicyclic) bond motifs is 3. The Bertz CT molecular complexity index is 698. The van der Waals surface area contributed by atoms with Gasteiger partial charge in [-0.15, -0.1) is 0 Å². The Kier molecular flexibility index (Phi) is 3.49. The van der Waals surface area contributed by atoms with Crippen molar-refractivity contribution in [3.8, 4) is 5.75 Å². The van der Waals surface area contributed by atoms with Crippen molar-refractivity contribution in [3.63, 3.8) is 0 Å². The highest BCUT2D eigenvalue weighted by Crippen LogP contribution is 2.60. The molecule has 1 aromatic carbocycles. The molecule has 1 heterocycles. The molecule has 4 atom stereocenters. The molecule has 0 aromatic heterocycles. The van der Waals surface area contributed by atoms with Gasteiger partial charge in [0.15, 0.2) is 0 Å². The molecule has 134 valence electrons. The quantitative estimate of drug-likeness (QED) is 0.774. The second-order valence-corrected chi connectivity index (χ2v) is 8.22. The van der Waals surface area contributed by atoms with E-state index in [0.29, 0.717) is 17.8 Å². The van der Waals surface area contributed by atoms with Gasteiger partial charge in [0.05, 0.1) is 12.1 Å². The van der Waals surface area contributed by atoms with E-state index < -0.39 is 0 Å². The second kappa shape index (κ2) is 5.63. The van der Waals surface area contributed by atoms with Gasteiger partial charge >= 0.3 is 6.03 Å². The van der Waals surface area contributed by atoms with E-state index in [0.717, 1.165) is 37.0 Å². The number of nitrogens with one attached hydrogen (secondary N) is 2. The first-order valence-corrected chi connectivity index (χ1v) is 9.68. The summed E-state index contributed by atoms with van der Waals surface area (Å²) in [4.78, 5) is 12.7. The van der Waals surface area contributed by atoms with Gasteiger partial charge in [-0.05, 0) is 49.3 Å². The summed E-state index contributed by atoms with van der Waals surface area (Å²) in [5.74, 6) is 0.834. The molecule has 2 saturated carbocycles. The lowest BCUT2D eigenvalue weighted by atomic mass is 9.54. The number of amides is 2. The third kappa shape index (κ3) is 2.21. The number of hydrogen-bond donors (Lipinski definition) is 3. The van der Waals surface area contributed by atoms with Crippen molar-refractivity contribution in [1.82, 2.24) is 10.6 Å². The van der Waals surface area contributed by atoms with E-state index in [1.54, 1.807) is 6.07 Å². The Labute approximate surface area is 148 Å². The normalized spacial score (nSPS) is 34.4. The van der Waals surface area contributed by atoms with Gasteiger partial charge in [-0.1, -0.05) is 25.0 Å². The van der Waals surface area contributed by atoms with E-state index in [9.17, 15) is 9.90 Å². The fourth-order valence-corrected chi connectivity index (χ4v) is 6.03. The monoisotopic (exact) mass is 342 g/mol. The zero-order valence-electron chi connectivity index (χ0n) is 14.5. The molecule has 1 aromatic rings. The molecule has 4 aliphatic rings. The third-order valence-electron chi connectivity index (χ3n) is 7.12. The van der Waals surface area contributed by atoms with E-state index in [1.165, 1.54) is 25.7 Å². The highest BCUT2D eigenvalue weighted by molar-refractivity contribution is 5.75. The molecular formula is C20H26N2O3. The Hall–Kier alpha value is -1.75. The predicted octanol–water partition coefficient (Wildman–Crippen LogP) is 3.03. The fourth-order valence-electron chi connectivity index (χ4n) is 6.03. The molecule has 0 unspecified atom stereocenters. The maximum absolute atomic E-state index is 12.7. The summed E-state index contributed by atoms with van der Waals surface area (Å²) in [5, 5.41) is 16.4. The molecule has 3 fully saturated rings. The summed E-state index contributed by atoms with van der Waals surface area (Å²) in [7, 11) is 0.